The van der Waals surface area contributed by atoms with Gasteiger partial charge in [-0.1, -0.05) is 48.5 Å². The van der Waals surface area contributed by atoms with E-state index in [2.05, 4.69) is 75.7 Å². The van der Waals surface area contributed by atoms with Crippen molar-refractivity contribution in [1.29, 1.82) is 0 Å². The maximum Gasteiger partial charge on any atom is 0.128 e. The molecule has 1 unspecified atom stereocenters. The summed E-state index contributed by atoms with van der Waals surface area (Å²) in [4.78, 5) is 4.48. The number of anilines is 1. The summed E-state index contributed by atoms with van der Waals surface area (Å²) in [5, 5.41) is 3.48. The Balaban J connectivity index is 1.97. The summed E-state index contributed by atoms with van der Waals surface area (Å²) >= 11 is 0. The molecule has 4 rings (SSSR count). The molecule has 0 radical (unpaired) electrons. The number of nitrogens with zero attached hydrogens (tertiary/aromatic N) is 2. The van der Waals surface area contributed by atoms with Crippen LogP contribution in [0.15, 0.2) is 67.0 Å². The predicted molar refractivity (Wildman–Crippen MR) is 79.7 cm³/mol. The van der Waals surface area contributed by atoms with Crippen molar-refractivity contribution >= 4 is 5.69 Å². The highest BCUT2D eigenvalue weighted by Crippen LogP contribution is 2.34. The second kappa shape index (κ2) is 4.53. The van der Waals surface area contributed by atoms with Crippen molar-refractivity contribution in [3.8, 4) is 0 Å². The Morgan fingerprint density at radius 2 is 1.80 bits per heavy atom. The van der Waals surface area contributed by atoms with Gasteiger partial charge in [0, 0.05) is 23.6 Å². The van der Waals surface area contributed by atoms with Gasteiger partial charge in [0.25, 0.3) is 0 Å². The van der Waals surface area contributed by atoms with Crippen LogP contribution in [0.2, 0.25) is 0 Å². The lowest BCUT2D eigenvalue weighted by Crippen LogP contribution is -2.12. The molecule has 1 N–H and O–H groups in total. The Morgan fingerprint density at radius 3 is 2.70 bits per heavy atom. The van der Waals surface area contributed by atoms with Gasteiger partial charge in [0.2, 0.25) is 0 Å². The molecule has 0 saturated carbocycles. The SMILES string of the molecule is c1ccc(C2c3ccccc3NCc3nccn32)cc1. The smallest absolute Gasteiger partial charge is 0.128 e. The van der Waals surface area contributed by atoms with Crippen molar-refractivity contribution in [1.82, 2.24) is 9.55 Å². The van der Waals surface area contributed by atoms with E-state index in [1.54, 1.807) is 0 Å². The van der Waals surface area contributed by atoms with Gasteiger partial charge < -0.3 is 9.88 Å². The van der Waals surface area contributed by atoms with E-state index in [-0.39, 0.29) is 6.04 Å². The monoisotopic (exact) mass is 261 g/mol. The number of imidazole rings is 1. The van der Waals surface area contributed by atoms with Crippen molar-refractivity contribution in [2.75, 3.05) is 5.32 Å². The van der Waals surface area contributed by atoms with Crippen molar-refractivity contribution in [3.05, 3.63) is 83.9 Å². The number of nitrogens with one attached hydrogen (secondary N) is 1. The van der Waals surface area contributed by atoms with Crippen molar-refractivity contribution in [3.63, 3.8) is 0 Å². The molecule has 98 valence electrons. The molecule has 2 heterocycles. The Morgan fingerprint density at radius 1 is 1.00 bits per heavy atom. The maximum atomic E-state index is 4.48. The largest absolute Gasteiger partial charge is 0.378 e. The highest BCUT2D eigenvalue weighted by Gasteiger charge is 2.24. The van der Waals surface area contributed by atoms with E-state index in [1.807, 2.05) is 6.20 Å². The molecule has 3 heteroatoms. The fourth-order valence-corrected chi connectivity index (χ4v) is 2.91. The van der Waals surface area contributed by atoms with E-state index < -0.39 is 0 Å². The minimum absolute atomic E-state index is 0.180. The lowest BCUT2D eigenvalue weighted by Gasteiger charge is -2.21. The molecule has 2 aromatic carbocycles. The number of fused-ring (bicyclic) bond motifs is 2. The summed E-state index contributed by atoms with van der Waals surface area (Å²) in [5.41, 5.74) is 3.75. The van der Waals surface area contributed by atoms with Crippen LogP contribution in [0.3, 0.4) is 0 Å². The number of para-hydroxylation sites is 1. The van der Waals surface area contributed by atoms with Crippen LogP contribution >= 0.6 is 0 Å². The van der Waals surface area contributed by atoms with Crippen molar-refractivity contribution < 1.29 is 0 Å². The second-order valence-corrected chi connectivity index (χ2v) is 5.00. The molecule has 0 amide bonds. The summed E-state index contributed by atoms with van der Waals surface area (Å²) in [6, 6.07) is 19.3. The normalized spacial score (nSPS) is 16.7. The fourth-order valence-electron chi connectivity index (χ4n) is 2.91. The first-order valence-corrected chi connectivity index (χ1v) is 6.83. The van der Waals surface area contributed by atoms with Gasteiger partial charge in [-0.25, -0.2) is 4.98 Å². The summed E-state index contributed by atoms with van der Waals surface area (Å²) in [6.45, 7) is 0.757. The van der Waals surface area contributed by atoms with Gasteiger partial charge in [0.05, 0.1) is 12.6 Å². The quantitative estimate of drug-likeness (QED) is 0.727. The van der Waals surface area contributed by atoms with Gasteiger partial charge in [-0.05, 0) is 11.6 Å². The molecule has 0 bridgehead atoms. The predicted octanol–water partition coefficient (Wildman–Crippen LogP) is 3.45. The third-order valence-electron chi connectivity index (χ3n) is 3.83. The number of rotatable bonds is 1. The van der Waals surface area contributed by atoms with Crippen molar-refractivity contribution in [2.24, 2.45) is 0 Å². The van der Waals surface area contributed by atoms with E-state index in [0.29, 0.717) is 0 Å². The lowest BCUT2D eigenvalue weighted by molar-refractivity contribution is 0.654. The summed E-state index contributed by atoms with van der Waals surface area (Å²) in [5.74, 6) is 1.06. The summed E-state index contributed by atoms with van der Waals surface area (Å²) in [7, 11) is 0. The average Bonchev–Trinajstić information content (AvgIpc) is 2.90. The van der Waals surface area contributed by atoms with Gasteiger partial charge in [-0.15, -0.1) is 0 Å². The molecule has 0 aliphatic carbocycles. The highest BCUT2D eigenvalue weighted by atomic mass is 15.1. The highest BCUT2D eigenvalue weighted by molar-refractivity contribution is 5.56. The van der Waals surface area contributed by atoms with Crippen molar-refractivity contribution in [2.45, 2.75) is 12.6 Å². The molecule has 1 aliphatic heterocycles. The number of hydrogen-bond donors (Lipinski definition) is 1. The number of hydrogen-bond acceptors (Lipinski definition) is 2. The molecule has 0 saturated heterocycles. The Hall–Kier alpha value is -2.55. The van der Waals surface area contributed by atoms with Crippen LogP contribution < -0.4 is 5.32 Å². The van der Waals surface area contributed by atoms with Crippen LogP contribution in [-0.4, -0.2) is 9.55 Å². The Labute approximate surface area is 117 Å². The van der Waals surface area contributed by atoms with Gasteiger partial charge in [-0.2, -0.15) is 0 Å². The van der Waals surface area contributed by atoms with Gasteiger partial charge in [0.1, 0.15) is 5.82 Å². The molecule has 3 aromatic rings. The lowest BCUT2D eigenvalue weighted by atomic mass is 9.97. The summed E-state index contributed by atoms with van der Waals surface area (Å²) < 4.78 is 2.26. The zero-order valence-corrected chi connectivity index (χ0v) is 11.0. The van der Waals surface area contributed by atoms with Gasteiger partial charge in [0.15, 0.2) is 0 Å². The second-order valence-electron chi connectivity index (χ2n) is 5.00. The third kappa shape index (κ3) is 1.71. The third-order valence-corrected chi connectivity index (χ3v) is 3.83. The maximum absolute atomic E-state index is 4.48. The number of benzene rings is 2. The summed E-state index contributed by atoms with van der Waals surface area (Å²) in [6.07, 6.45) is 3.94. The Kier molecular flexibility index (Phi) is 2.56. The molecule has 3 nitrogen and oxygen atoms in total. The first-order chi connectivity index (χ1) is 9.93. The minimum atomic E-state index is 0.180. The van der Waals surface area contributed by atoms with Gasteiger partial charge >= 0.3 is 0 Å². The number of aromatic nitrogens is 2. The van der Waals surface area contributed by atoms with Crippen LogP contribution in [0.5, 0.6) is 0 Å². The topological polar surface area (TPSA) is 29.9 Å². The van der Waals surface area contributed by atoms with Crippen LogP contribution in [-0.2, 0) is 6.54 Å². The fraction of sp³-hybridized carbons (Fsp3) is 0.118. The first-order valence-electron chi connectivity index (χ1n) is 6.83. The molecule has 1 aliphatic rings. The Bertz CT molecular complexity index is 731. The minimum Gasteiger partial charge on any atom is -0.378 e. The molecule has 20 heavy (non-hydrogen) atoms. The molecule has 0 fully saturated rings. The standard InChI is InChI=1S/C17H15N3/c1-2-6-13(7-3-1)17-14-8-4-5-9-15(14)19-12-16-18-10-11-20(16)17/h1-11,17,19H,12H2. The van der Waals surface area contributed by atoms with E-state index >= 15 is 0 Å². The molecule has 1 atom stereocenters. The van der Waals surface area contributed by atoms with Crippen LogP contribution in [0.1, 0.15) is 23.0 Å². The first kappa shape index (κ1) is 11.3. The molecule has 1 aromatic heterocycles. The van der Waals surface area contributed by atoms with E-state index in [4.69, 9.17) is 0 Å². The van der Waals surface area contributed by atoms with Crippen LogP contribution in [0.25, 0.3) is 0 Å². The van der Waals surface area contributed by atoms with Crippen LogP contribution in [0.4, 0.5) is 5.69 Å². The van der Waals surface area contributed by atoms with E-state index in [9.17, 15) is 0 Å². The molecular formula is C17H15N3. The van der Waals surface area contributed by atoms with E-state index in [1.165, 1.54) is 16.8 Å². The molecular weight excluding hydrogens is 246 g/mol. The van der Waals surface area contributed by atoms with Gasteiger partial charge in [-0.3, -0.25) is 0 Å². The zero-order chi connectivity index (χ0) is 13.4. The molecule has 0 spiro atoms. The van der Waals surface area contributed by atoms with Crippen LogP contribution in [0, 0.1) is 0 Å². The van der Waals surface area contributed by atoms with E-state index in [0.717, 1.165) is 12.4 Å². The average molecular weight is 261 g/mol. The zero-order valence-electron chi connectivity index (χ0n) is 11.0.